The molecule has 126 valence electrons. The zero-order chi connectivity index (χ0) is 16.4. The maximum absolute atomic E-state index is 14.8. The van der Waals surface area contributed by atoms with Gasteiger partial charge in [-0.15, -0.1) is 0 Å². The first-order valence-electron chi connectivity index (χ1n) is 7.08. The fraction of sp³-hybridized carbons (Fsp3) is 0.727. The predicted molar refractivity (Wildman–Crippen MR) is 78.8 cm³/mol. The molecule has 4 N–H and O–H groups in total. The number of amidine groups is 1. The van der Waals surface area contributed by atoms with E-state index in [-0.39, 0.29) is 0 Å². The second-order valence-electron chi connectivity index (χ2n) is 5.74. The van der Waals surface area contributed by atoms with Crippen LogP contribution in [-0.2, 0) is 18.3 Å². The standard InChI is InChI=1S/C11H16FN6O4P/c1-4-7-8(22-23(14,19)21-4)5(12)11(20-7)18-3-17-6-9(13)15-2-16-10(6)18/h2-8,10-11H,1H3,(H2,14,19)(H2,13,15,16)/t4?,5-,6?,7-,8+,10?,11-,23?/m1/s1. The molecule has 10 nitrogen and oxygen atoms in total. The molecule has 4 aliphatic heterocycles. The minimum atomic E-state index is -3.79. The molecule has 2 saturated heterocycles. The zero-order valence-electron chi connectivity index (χ0n) is 12.1. The molecule has 12 heteroatoms. The second-order valence-corrected chi connectivity index (χ2v) is 7.25. The number of fused-ring (bicyclic) bond motifs is 2. The van der Waals surface area contributed by atoms with Crippen molar-refractivity contribution in [2.75, 3.05) is 0 Å². The number of ether oxygens (including phenoxy) is 1. The zero-order valence-corrected chi connectivity index (χ0v) is 13.0. The fourth-order valence-corrected chi connectivity index (χ4v) is 4.39. The Morgan fingerprint density at radius 2 is 2.13 bits per heavy atom. The van der Waals surface area contributed by atoms with Crippen LogP contribution in [0.5, 0.6) is 0 Å². The summed E-state index contributed by atoms with van der Waals surface area (Å²) in [5, 5.41) is 0. The average Bonchev–Trinajstić information content (AvgIpc) is 3.02. The normalized spacial score (nSPS) is 51.5. The first-order valence-corrected chi connectivity index (χ1v) is 8.69. The van der Waals surface area contributed by atoms with Gasteiger partial charge in [0, 0.05) is 0 Å². The van der Waals surface area contributed by atoms with Crippen LogP contribution in [0.2, 0.25) is 0 Å². The summed E-state index contributed by atoms with van der Waals surface area (Å²) in [6.07, 6.45) is -2.87. The van der Waals surface area contributed by atoms with Crippen LogP contribution in [0.1, 0.15) is 6.92 Å². The molecule has 0 aromatic rings. The number of hydrogen-bond donors (Lipinski definition) is 2. The van der Waals surface area contributed by atoms with Crippen molar-refractivity contribution in [2.45, 2.75) is 49.8 Å². The molecule has 4 unspecified atom stereocenters. The van der Waals surface area contributed by atoms with Crippen LogP contribution in [0.4, 0.5) is 4.39 Å². The van der Waals surface area contributed by atoms with E-state index in [4.69, 9.17) is 25.0 Å². The number of alkyl halides is 1. The molecule has 4 aliphatic rings. The van der Waals surface area contributed by atoms with E-state index in [1.165, 1.54) is 17.6 Å². The lowest BCUT2D eigenvalue weighted by atomic mass is 10.1. The van der Waals surface area contributed by atoms with Crippen LogP contribution >= 0.6 is 7.75 Å². The number of nitrogens with two attached hydrogens (primary N) is 2. The first kappa shape index (κ1) is 15.2. The lowest BCUT2D eigenvalue weighted by molar-refractivity contribution is -0.101. The highest BCUT2D eigenvalue weighted by Crippen LogP contribution is 2.52. The molecule has 0 radical (unpaired) electrons. The first-order chi connectivity index (χ1) is 10.9. The summed E-state index contributed by atoms with van der Waals surface area (Å²) in [5.74, 6) is 0.300. The van der Waals surface area contributed by atoms with Crippen molar-refractivity contribution in [1.82, 2.24) is 4.90 Å². The Morgan fingerprint density at radius 3 is 2.91 bits per heavy atom. The van der Waals surface area contributed by atoms with Gasteiger partial charge in [-0.3, -0.25) is 14.0 Å². The quantitative estimate of drug-likeness (QED) is 0.602. The summed E-state index contributed by atoms with van der Waals surface area (Å²) >= 11 is 0. The Labute approximate surface area is 131 Å². The molecule has 0 aromatic carbocycles. The van der Waals surface area contributed by atoms with Crippen molar-refractivity contribution in [1.29, 1.82) is 0 Å². The molecule has 8 atom stereocenters. The maximum atomic E-state index is 14.8. The molecular formula is C11H16FN6O4P. The summed E-state index contributed by atoms with van der Waals surface area (Å²) in [6, 6.07) is -0.478. The van der Waals surface area contributed by atoms with Crippen LogP contribution in [0.3, 0.4) is 0 Å². The van der Waals surface area contributed by atoms with Crippen LogP contribution in [-0.4, -0.2) is 66.3 Å². The third kappa shape index (κ3) is 2.31. The average molecular weight is 346 g/mol. The molecule has 0 aliphatic carbocycles. The molecule has 0 amide bonds. The summed E-state index contributed by atoms with van der Waals surface area (Å²) in [7, 11) is -3.79. The molecule has 4 heterocycles. The van der Waals surface area contributed by atoms with E-state index in [1.54, 1.807) is 6.92 Å². The van der Waals surface area contributed by atoms with Gasteiger partial charge in [0.25, 0.3) is 0 Å². The molecular weight excluding hydrogens is 330 g/mol. The lowest BCUT2D eigenvalue weighted by Gasteiger charge is -2.33. The summed E-state index contributed by atoms with van der Waals surface area (Å²) < 4.78 is 42.6. The summed E-state index contributed by atoms with van der Waals surface area (Å²) in [6.45, 7) is 1.61. The number of rotatable bonds is 1. The monoisotopic (exact) mass is 346 g/mol. The Hall–Kier alpha value is -1.39. The minimum Gasteiger partial charge on any atom is -0.385 e. The van der Waals surface area contributed by atoms with Crippen molar-refractivity contribution in [3.8, 4) is 0 Å². The van der Waals surface area contributed by atoms with E-state index < -0.39 is 50.7 Å². The van der Waals surface area contributed by atoms with Crippen LogP contribution in [0, 0.1) is 0 Å². The molecule has 23 heavy (non-hydrogen) atoms. The van der Waals surface area contributed by atoms with Gasteiger partial charge < -0.3 is 15.4 Å². The summed E-state index contributed by atoms with van der Waals surface area (Å²) in [5.41, 5.74) is 11.2. The highest BCUT2D eigenvalue weighted by molar-refractivity contribution is 7.51. The van der Waals surface area contributed by atoms with Gasteiger partial charge in [0.05, 0.1) is 12.4 Å². The van der Waals surface area contributed by atoms with E-state index in [2.05, 4.69) is 15.0 Å². The third-order valence-corrected chi connectivity index (χ3v) is 5.39. The molecule has 4 rings (SSSR count). The second kappa shape index (κ2) is 5.05. The highest BCUT2D eigenvalue weighted by Gasteiger charge is 2.58. The number of aliphatic imine (C=N–C) groups is 3. The Balaban J connectivity index is 1.58. The van der Waals surface area contributed by atoms with Crippen molar-refractivity contribution in [3.05, 3.63) is 0 Å². The van der Waals surface area contributed by atoms with E-state index in [0.29, 0.717) is 5.84 Å². The topological polar surface area (TPSA) is 137 Å². The summed E-state index contributed by atoms with van der Waals surface area (Å²) in [4.78, 5) is 13.8. The van der Waals surface area contributed by atoms with E-state index >= 15 is 0 Å². The van der Waals surface area contributed by atoms with Crippen molar-refractivity contribution in [2.24, 2.45) is 26.2 Å². The predicted octanol–water partition coefficient (Wildman–Crippen LogP) is -0.642. The highest BCUT2D eigenvalue weighted by atomic mass is 31.2. The number of halogens is 1. The smallest absolute Gasteiger partial charge is 0.385 e. The van der Waals surface area contributed by atoms with Gasteiger partial charge in [-0.25, -0.2) is 24.4 Å². The Morgan fingerprint density at radius 1 is 1.35 bits per heavy atom. The van der Waals surface area contributed by atoms with E-state index in [9.17, 15) is 8.96 Å². The minimum absolute atomic E-state index is 0.300. The molecule has 2 fully saturated rings. The molecule has 0 bridgehead atoms. The van der Waals surface area contributed by atoms with E-state index in [0.717, 1.165) is 0 Å². The number of hydrogen-bond acceptors (Lipinski definition) is 9. The van der Waals surface area contributed by atoms with Crippen molar-refractivity contribution in [3.63, 3.8) is 0 Å². The fourth-order valence-electron chi connectivity index (χ4n) is 3.18. The van der Waals surface area contributed by atoms with Gasteiger partial charge in [-0.05, 0) is 6.92 Å². The third-order valence-electron chi connectivity index (χ3n) is 4.22. The van der Waals surface area contributed by atoms with E-state index in [1.807, 2.05) is 0 Å². The van der Waals surface area contributed by atoms with Crippen molar-refractivity contribution >= 4 is 26.3 Å². The maximum Gasteiger partial charge on any atom is 0.403 e. The van der Waals surface area contributed by atoms with Crippen molar-refractivity contribution < 1.29 is 22.7 Å². The van der Waals surface area contributed by atoms with Gasteiger partial charge in [0.15, 0.2) is 18.6 Å². The Kier molecular flexibility index (Phi) is 3.33. The van der Waals surface area contributed by atoms with Crippen LogP contribution < -0.4 is 11.2 Å². The van der Waals surface area contributed by atoms with Gasteiger partial charge in [0.1, 0.15) is 30.4 Å². The van der Waals surface area contributed by atoms with Gasteiger partial charge in [0.2, 0.25) is 0 Å². The van der Waals surface area contributed by atoms with Gasteiger partial charge in [-0.2, -0.15) is 0 Å². The SMILES string of the molecule is CC1OP(N)(=O)O[C@H]2[C@@H](F)[C@H](N3C=NC4C(N)=NC=NC43)O[C@H]12. The van der Waals surface area contributed by atoms with Crippen LogP contribution in [0.25, 0.3) is 0 Å². The Bertz CT molecular complexity index is 658. The largest absolute Gasteiger partial charge is 0.403 e. The molecule has 0 saturated carbocycles. The van der Waals surface area contributed by atoms with Crippen LogP contribution in [0.15, 0.2) is 15.0 Å². The number of nitrogens with zero attached hydrogens (tertiary/aromatic N) is 4. The van der Waals surface area contributed by atoms with Gasteiger partial charge in [-0.1, -0.05) is 0 Å². The molecule has 0 aromatic heterocycles. The molecule has 0 spiro atoms. The van der Waals surface area contributed by atoms with Gasteiger partial charge >= 0.3 is 7.75 Å². The lowest BCUT2D eigenvalue weighted by Crippen LogP contribution is -2.50.